The molecular weight excluding hydrogens is 360 g/mol. The fourth-order valence-electron chi connectivity index (χ4n) is 5.15. The van der Waals surface area contributed by atoms with Crippen LogP contribution >= 0.6 is 11.6 Å². The molecule has 3 rings (SSSR count). The van der Waals surface area contributed by atoms with Crippen molar-refractivity contribution in [1.82, 2.24) is 0 Å². The Morgan fingerprint density at radius 3 is 2.67 bits per heavy atom. The smallest absolute Gasteiger partial charge is 0.302 e. The average Bonchev–Trinajstić information content (AvgIpc) is 2.64. The monoisotopic (exact) mass is 390 g/mol. The standard InChI is InChI=1S/C23H31ClO3/c1-14(2)17-6-8-20-18(22(17)26-5)7-9-21-19(12-24)16(13-27-15(3)25)10-11-23(20,21)4/h6,8,14,21H,7,9-13H2,1-5H3/t21-,23+/m0/s1. The number of esters is 1. The van der Waals surface area contributed by atoms with Gasteiger partial charge < -0.3 is 9.47 Å². The molecule has 0 saturated carbocycles. The summed E-state index contributed by atoms with van der Waals surface area (Å²) in [6, 6.07) is 4.57. The molecule has 2 atom stereocenters. The normalized spacial score (nSPS) is 24.5. The van der Waals surface area contributed by atoms with Crippen LogP contribution < -0.4 is 4.74 Å². The molecule has 0 fully saturated rings. The molecule has 148 valence electrons. The maximum atomic E-state index is 11.3. The van der Waals surface area contributed by atoms with Crippen molar-refractivity contribution < 1.29 is 14.3 Å². The molecule has 0 heterocycles. The Bertz CT molecular complexity index is 765. The topological polar surface area (TPSA) is 35.5 Å². The van der Waals surface area contributed by atoms with Gasteiger partial charge in [0.2, 0.25) is 0 Å². The summed E-state index contributed by atoms with van der Waals surface area (Å²) in [5.74, 6) is 2.19. The van der Waals surface area contributed by atoms with E-state index in [2.05, 4.69) is 32.9 Å². The average molecular weight is 391 g/mol. The second-order valence-electron chi connectivity index (χ2n) is 8.42. The van der Waals surface area contributed by atoms with Crippen LogP contribution in [0.4, 0.5) is 0 Å². The predicted molar refractivity (Wildman–Crippen MR) is 110 cm³/mol. The molecule has 0 amide bonds. The van der Waals surface area contributed by atoms with Gasteiger partial charge in [0, 0.05) is 12.8 Å². The number of halogens is 1. The minimum Gasteiger partial charge on any atom is -0.496 e. The highest BCUT2D eigenvalue weighted by molar-refractivity contribution is 6.19. The van der Waals surface area contributed by atoms with E-state index < -0.39 is 0 Å². The third-order valence-electron chi connectivity index (χ3n) is 6.60. The molecule has 3 nitrogen and oxygen atoms in total. The Labute approximate surface area is 168 Å². The van der Waals surface area contributed by atoms with Crippen LogP contribution in [-0.4, -0.2) is 25.6 Å². The van der Waals surface area contributed by atoms with Crippen molar-refractivity contribution in [2.24, 2.45) is 5.92 Å². The van der Waals surface area contributed by atoms with Crippen LogP contribution in [0.1, 0.15) is 69.6 Å². The maximum absolute atomic E-state index is 11.3. The van der Waals surface area contributed by atoms with Gasteiger partial charge in [0.25, 0.3) is 0 Å². The Morgan fingerprint density at radius 1 is 1.33 bits per heavy atom. The Kier molecular flexibility index (Phi) is 5.90. The molecule has 27 heavy (non-hydrogen) atoms. The number of ether oxygens (including phenoxy) is 2. The highest BCUT2D eigenvalue weighted by atomic mass is 35.5. The number of carbonyl (C=O) groups is 1. The summed E-state index contributed by atoms with van der Waals surface area (Å²) in [6.07, 6.45) is 4.04. The third-order valence-corrected chi connectivity index (χ3v) is 6.89. The summed E-state index contributed by atoms with van der Waals surface area (Å²) in [4.78, 5) is 11.3. The molecule has 0 bridgehead atoms. The summed E-state index contributed by atoms with van der Waals surface area (Å²) >= 11 is 6.40. The number of allylic oxidation sites excluding steroid dienone is 1. The highest BCUT2D eigenvalue weighted by Gasteiger charge is 2.46. The molecular formula is C23H31ClO3. The summed E-state index contributed by atoms with van der Waals surface area (Å²) in [7, 11) is 1.79. The summed E-state index contributed by atoms with van der Waals surface area (Å²) in [6.45, 7) is 8.65. The van der Waals surface area contributed by atoms with E-state index in [4.69, 9.17) is 21.1 Å². The van der Waals surface area contributed by atoms with Gasteiger partial charge in [-0.2, -0.15) is 0 Å². The highest BCUT2D eigenvalue weighted by Crippen LogP contribution is 2.54. The summed E-state index contributed by atoms with van der Waals surface area (Å²) in [5, 5.41) is 0. The lowest BCUT2D eigenvalue weighted by atomic mass is 9.56. The number of hydrogen-bond donors (Lipinski definition) is 0. The predicted octanol–water partition coefficient (Wildman–Crippen LogP) is 5.53. The van der Waals surface area contributed by atoms with Crippen molar-refractivity contribution in [2.45, 2.75) is 64.7 Å². The molecule has 0 saturated heterocycles. The lowest BCUT2D eigenvalue weighted by Crippen LogP contribution is -2.42. The zero-order valence-corrected chi connectivity index (χ0v) is 17.9. The summed E-state index contributed by atoms with van der Waals surface area (Å²) in [5.41, 5.74) is 6.63. The number of fused-ring (bicyclic) bond motifs is 3. The lowest BCUT2D eigenvalue weighted by molar-refractivity contribution is -0.140. The molecule has 4 heteroatoms. The van der Waals surface area contributed by atoms with Gasteiger partial charge in [0.05, 0.1) is 7.11 Å². The van der Waals surface area contributed by atoms with E-state index in [0.29, 0.717) is 24.3 Å². The van der Waals surface area contributed by atoms with E-state index in [1.54, 1.807) is 7.11 Å². The quantitative estimate of drug-likeness (QED) is 0.376. The first-order valence-electron chi connectivity index (χ1n) is 9.93. The van der Waals surface area contributed by atoms with Crippen LogP contribution in [0.2, 0.25) is 0 Å². The van der Waals surface area contributed by atoms with Crippen molar-refractivity contribution in [3.05, 3.63) is 40.0 Å². The first-order chi connectivity index (χ1) is 12.8. The number of rotatable bonds is 5. The van der Waals surface area contributed by atoms with Crippen LogP contribution in [-0.2, 0) is 21.4 Å². The van der Waals surface area contributed by atoms with Crippen LogP contribution in [0, 0.1) is 5.92 Å². The molecule has 1 aromatic rings. The van der Waals surface area contributed by atoms with E-state index in [1.807, 2.05) is 0 Å². The first-order valence-corrected chi connectivity index (χ1v) is 10.5. The second-order valence-corrected chi connectivity index (χ2v) is 8.69. The molecule has 0 spiro atoms. The molecule has 0 radical (unpaired) electrons. The maximum Gasteiger partial charge on any atom is 0.302 e. The van der Waals surface area contributed by atoms with Gasteiger partial charge in [0.15, 0.2) is 0 Å². The van der Waals surface area contributed by atoms with Crippen molar-refractivity contribution in [2.75, 3.05) is 19.6 Å². The number of hydrogen-bond acceptors (Lipinski definition) is 3. The van der Waals surface area contributed by atoms with E-state index in [9.17, 15) is 4.79 Å². The van der Waals surface area contributed by atoms with Gasteiger partial charge >= 0.3 is 5.97 Å². The molecule has 0 unspecified atom stereocenters. The zero-order chi connectivity index (χ0) is 19.8. The largest absolute Gasteiger partial charge is 0.496 e. The molecule has 2 aliphatic rings. The molecule has 0 N–H and O–H groups in total. The van der Waals surface area contributed by atoms with Crippen molar-refractivity contribution in [3.63, 3.8) is 0 Å². The minimum atomic E-state index is -0.232. The van der Waals surface area contributed by atoms with Crippen molar-refractivity contribution in [1.29, 1.82) is 0 Å². The van der Waals surface area contributed by atoms with E-state index >= 15 is 0 Å². The van der Waals surface area contributed by atoms with Crippen molar-refractivity contribution in [3.8, 4) is 5.75 Å². The van der Waals surface area contributed by atoms with Gasteiger partial charge in [-0.15, -0.1) is 11.6 Å². The van der Waals surface area contributed by atoms with Gasteiger partial charge in [-0.3, -0.25) is 4.79 Å². The third kappa shape index (κ3) is 3.51. The number of alkyl halides is 1. The minimum absolute atomic E-state index is 0.0559. The van der Waals surface area contributed by atoms with Gasteiger partial charge in [-0.1, -0.05) is 32.9 Å². The lowest BCUT2D eigenvalue weighted by Gasteiger charge is -2.48. The van der Waals surface area contributed by atoms with E-state index in [1.165, 1.54) is 34.8 Å². The zero-order valence-electron chi connectivity index (χ0n) is 17.2. The Morgan fingerprint density at radius 2 is 2.07 bits per heavy atom. The van der Waals surface area contributed by atoms with Gasteiger partial charge in [-0.05, 0) is 70.8 Å². The van der Waals surface area contributed by atoms with Gasteiger partial charge in [0.1, 0.15) is 12.4 Å². The first kappa shape index (κ1) is 20.3. The fraction of sp³-hybridized carbons (Fsp3) is 0.609. The van der Waals surface area contributed by atoms with E-state index in [-0.39, 0.29) is 11.4 Å². The SMILES string of the molecule is COc1c(C(C)C)ccc2c1CC[C@H]1C(CCl)=C(COC(C)=O)CC[C@]21C. The summed E-state index contributed by atoms with van der Waals surface area (Å²) < 4.78 is 11.2. The van der Waals surface area contributed by atoms with Crippen LogP contribution in [0.3, 0.4) is 0 Å². The molecule has 0 aromatic heterocycles. The van der Waals surface area contributed by atoms with Crippen LogP contribution in [0.5, 0.6) is 5.75 Å². The number of carbonyl (C=O) groups excluding carboxylic acids is 1. The number of benzene rings is 1. The fourth-order valence-corrected chi connectivity index (χ4v) is 5.52. The second kappa shape index (κ2) is 7.87. The molecule has 1 aromatic carbocycles. The molecule has 2 aliphatic carbocycles. The van der Waals surface area contributed by atoms with Gasteiger partial charge in [-0.25, -0.2) is 0 Å². The van der Waals surface area contributed by atoms with Crippen molar-refractivity contribution >= 4 is 17.6 Å². The van der Waals surface area contributed by atoms with Crippen LogP contribution in [0.15, 0.2) is 23.3 Å². The molecule has 0 aliphatic heterocycles. The Hall–Kier alpha value is -1.48. The van der Waals surface area contributed by atoms with E-state index in [0.717, 1.165) is 31.4 Å². The van der Waals surface area contributed by atoms with Crippen LogP contribution in [0.25, 0.3) is 0 Å². The Balaban J connectivity index is 2.04. The number of methoxy groups -OCH3 is 1.